The van der Waals surface area contributed by atoms with Crippen molar-refractivity contribution in [3.63, 3.8) is 0 Å². The molecule has 3 heterocycles. The summed E-state index contributed by atoms with van der Waals surface area (Å²) >= 11 is 0. The number of nitrogens with two attached hydrogens (primary N) is 2. The Hall–Kier alpha value is -3.24. The van der Waals surface area contributed by atoms with Gasteiger partial charge in [0.25, 0.3) is 0 Å². The molecule has 0 aliphatic carbocycles. The molecule has 0 aliphatic rings. The maximum atomic E-state index is 6.21. The molecule has 0 aromatic carbocycles. The Morgan fingerprint density at radius 2 is 2.03 bits per heavy atom. The molecule has 0 fully saturated rings. The normalized spacial score (nSPS) is 12.7. The molecule has 3 rings (SSSR count). The number of fused-ring (bicyclic) bond motifs is 1. The number of aliphatic imine (C=N–C) groups is 1. The number of nitrogen functional groups attached to an aromatic ring is 1. The van der Waals surface area contributed by atoms with E-state index in [9.17, 15) is 0 Å². The van der Waals surface area contributed by atoms with Crippen LogP contribution < -0.4 is 16.2 Å². The highest BCUT2D eigenvalue weighted by molar-refractivity contribution is 6.76. The summed E-state index contributed by atoms with van der Waals surface area (Å²) in [4.78, 5) is 17.3. The molecule has 0 unspecified atom stereocenters. The van der Waals surface area contributed by atoms with E-state index in [1.54, 1.807) is 19.5 Å². The Kier molecular flexibility index (Phi) is 7.60. The second-order valence-corrected chi connectivity index (χ2v) is 14.2. The zero-order valence-corrected chi connectivity index (χ0v) is 20.1. The molecule has 0 saturated heterocycles. The molecule has 3 aromatic heterocycles. The molecule has 170 valence electrons. The van der Waals surface area contributed by atoms with Crippen LogP contribution in [0, 0.1) is 0 Å². The topological polar surface area (TPSA) is 126 Å². The first-order valence-electron chi connectivity index (χ1n) is 10.4. The third-order valence-corrected chi connectivity index (χ3v) is 6.63. The van der Waals surface area contributed by atoms with Gasteiger partial charge in [-0.15, -0.1) is 0 Å². The lowest BCUT2D eigenvalue weighted by Gasteiger charge is -2.14. The molecule has 0 atom stereocenters. The number of anilines is 1. The second-order valence-electron chi connectivity index (χ2n) is 8.59. The first-order valence-corrected chi connectivity index (χ1v) is 14.1. The average molecular weight is 454 g/mol. The highest BCUT2D eigenvalue weighted by Gasteiger charge is 2.18. The Balaban J connectivity index is 1.83. The van der Waals surface area contributed by atoms with E-state index in [-0.39, 0.29) is 0 Å². The number of ether oxygens (including phenoxy) is 2. The third kappa shape index (κ3) is 5.71. The molecule has 0 saturated carbocycles. The highest BCUT2D eigenvalue weighted by atomic mass is 28.3. The molecule has 0 spiro atoms. The van der Waals surface area contributed by atoms with Crippen molar-refractivity contribution in [2.45, 2.75) is 32.2 Å². The maximum Gasteiger partial charge on any atom is 0.221 e. The van der Waals surface area contributed by atoms with Crippen LogP contribution in [0.15, 0.2) is 47.6 Å². The minimum absolute atomic E-state index is 0.307. The Morgan fingerprint density at radius 1 is 1.22 bits per heavy atom. The molecule has 32 heavy (non-hydrogen) atoms. The summed E-state index contributed by atoms with van der Waals surface area (Å²) in [6, 6.07) is 4.89. The number of methoxy groups -OCH3 is 1. The SMILES string of the molecule is COc1ncccc1-c1cn(CC(C=NCOCC[Si](C)(C)C)=CN)c2ncnc(N)c12. The molecular weight excluding hydrogens is 422 g/mol. The lowest BCUT2D eigenvalue weighted by Crippen LogP contribution is -2.21. The largest absolute Gasteiger partial charge is 0.481 e. The molecule has 9 nitrogen and oxygen atoms in total. The quantitative estimate of drug-likeness (QED) is 0.274. The van der Waals surface area contributed by atoms with Crippen molar-refractivity contribution in [2.24, 2.45) is 10.7 Å². The van der Waals surface area contributed by atoms with Crippen molar-refractivity contribution in [1.29, 1.82) is 0 Å². The van der Waals surface area contributed by atoms with Gasteiger partial charge >= 0.3 is 0 Å². The van der Waals surface area contributed by atoms with Crippen molar-refractivity contribution < 1.29 is 9.47 Å². The summed E-state index contributed by atoms with van der Waals surface area (Å²) in [5, 5.41) is 0.738. The second kappa shape index (κ2) is 10.4. The number of hydrogen-bond donors (Lipinski definition) is 2. The van der Waals surface area contributed by atoms with Gasteiger partial charge < -0.3 is 25.5 Å². The van der Waals surface area contributed by atoms with Crippen LogP contribution in [0.2, 0.25) is 25.7 Å². The summed E-state index contributed by atoms with van der Waals surface area (Å²) < 4.78 is 13.0. The van der Waals surface area contributed by atoms with Gasteiger partial charge in [0, 0.05) is 56.2 Å². The van der Waals surface area contributed by atoms with Gasteiger partial charge in [-0.05, 0) is 18.2 Å². The van der Waals surface area contributed by atoms with Crippen molar-refractivity contribution in [1.82, 2.24) is 19.5 Å². The van der Waals surface area contributed by atoms with Gasteiger partial charge in [-0.1, -0.05) is 19.6 Å². The number of pyridine rings is 1. The fourth-order valence-electron chi connectivity index (χ4n) is 3.21. The van der Waals surface area contributed by atoms with E-state index in [2.05, 4.69) is 39.6 Å². The number of allylic oxidation sites excluding steroid dienone is 1. The van der Waals surface area contributed by atoms with Gasteiger partial charge in [-0.25, -0.2) is 15.0 Å². The molecule has 3 aromatic rings. The summed E-state index contributed by atoms with van der Waals surface area (Å²) in [6.07, 6.45) is 8.35. The van der Waals surface area contributed by atoms with Crippen LogP contribution in [0.4, 0.5) is 5.82 Å². The smallest absolute Gasteiger partial charge is 0.221 e. The van der Waals surface area contributed by atoms with Gasteiger partial charge in [0.2, 0.25) is 5.88 Å². The third-order valence-electron chi connectivity index (χ3n) is 4.92. The van der Waals surface area contributed by atoms with Gasteiger partial charge in [-0.3, -0.25) is 4.99 Å². The van der Waals surface area contributed by atoms with Crippen LogP contribution in [-0.4, -0.2) is 54.3 Å². The summed E-state index contributed by atoms with van der Waals surface area (Å²) in [5.41, 5.74) is 15.2. The Bertz CT molecular complexity index is 1120. The number of hydrogen-bond acceptors (Lipinski definition) is 8. The van der Waals surface area contributed by atoms with Gasteiger partial charge in [0.15, 0.2) is 0 Å². The monoisotopic (exact) mass is 453 g/mol. The van der Waals surface area contributed by atoms with E-state index in [4.69, 9.17) is 20.9 Å². The van der Waals surface area contributed by atoms with Crippen LogP contribution in [0.25, 0.3) is 22.2 Å². The summed E-state index contributed by atoms with van der Waals surface area (Å²) in [6.45, 7) is 8.46. The van der Waals surface area contributed by atoms with Gasteiger partial charge in [0.1, 0.15) is 24.5 Å². The van der Waals surface area contributed by atoms with Crippen LogP contribution in [-0.2, 0) is 11.3 Å². The summed E-state index contributed by atoms with van der Waals surface area (Å²) in [5.74, 6) is 0.888. The summed E-state index contributed by atoms with van der Waals surface area (Å²) in [7, 11) is 0.478. The predicted molar refractivity (Wildman–Crippen MR) is 131 cm³/mol. The van der Waals surface area contributed by atoms with E-state index in [0.717, 1.165) is 34.7 Å². The molecule has 0 aliphatic heterocycles. The van der Waals surface area contributed by atoms with E-state index >= 15 is 0 Å². The average Bonchev–Trinajstić information content (AvgIpc) is 3.14. The molecule has 4 N–H and O–H groups in total. The first-order chi connectivity index (χ1) is 15.3. The molecular formula is C22H31N7O2Si. The molecule has 0 bridgehead atoms. The van der Waals surface area contributed by atoms with E-state index in [1.165, 1.54) is 12.5 Å². The fourth-order valence-corrected chi connectivity index (χ4v) is 3.97. The van der Waals surface area contributed by atoms with Crippen molar-refractivity contribution in [3.05, 3.63) is 42.6 Å². The van der Waals surface area contributed by atoms with Gasteiger partial charge in [-0.2, -0.15) is 0 Å². The lowest BCUT2D eigenvalue weighted by molar-refractivity contribution is 0.156. The van der Waals surface area contributed by atoms with E-state index in [1.807, 2.05) is 22.9 Å². The standard InChI is InChI=1S/C22H31N7O2Si/c1-30-22-17(6-5-7-26-22)18-13-29(21-19(18)20(24)27-14-28-21)12-16(10-23)11-25-15-31-8-9-32(2,3)4/h5-7,10-11,13-14H,8-9,12,15,23H2,1-4H3,(H2,24,27,28). The lowest BCUT2D eigenvalue weighted by atomic mass is 10.1. The first kappa shape index (κ1) is 23.4. The number of nitrogens with zero attached hydrogens (tertiary/aromatic N) is 5. The van der Waals surface area contributed by atoms with Gasteiger partial charge in [0.05, 0.1) is 19.0 Å². The molecule has 0 radical (unpaired) electrons. The minimum atomic E-state index is -1.11. The Labute approximate surface area is 189 Å². The van der Waals surface area contributed by atoms with Crippen molar-refractivity contribution in [2.75, 3.05) is 26.2 Å². The molecule has 0 amide bonds. The fraction of sp³-hybridized carbons (Fsp3) is 0.364. The minimum Gasteiger partial charge on any atom is -0.481 e. The van der Waals surface area contributed by atoms with Crippen LogP contribution in [0.5, 0.6) is 5.88 Å². The number of rotatable bonds is 10. The highest BCUT2D eigenvalue weighted by Crippen LogP contribution is 2.36. The van der Waals surface area contributed by atoms with Crippen LogP contribution in [0.3, 0.4) is 0 Å². The predicted octanol–water partition coefficient (Wildman–Crippen LogP) is 3.31. The molecule has 10 heteroatoms. The maximum absolute atomic E-state index is 6.21. The van der Waals surface area contributed by atoms with Crippen LogP contribution in [0.1, 0.15) is 0 Å². The van der Waals surface area contributed by atoms with Crippen molar-refractivity contribution >= 4 is 31.1 Å². The zero-order chi connectivity index (χ0) is 23.1. The number of aromatic nitrogens is 4. The van der Waals surface area contributed by atoms with Crippen molar-refractivity contribution in [3.8, 4) is 17.0 Å². The van der Waals surface area contributed by atoms with E-state index in [0.29, 0.717) is 30.6 Å². The Morgan fingerprint density at radius 3 is 2.75 bits per heavy atom. The van der Waals surface area contributed by atoms with E-state index < -0.39 is 8.07 Å². The zero-order valence-electron chi connectivity index (χ0n) is 19.1. The van der Waals surface area contributed by atoms with Crippen LogP contribution >= 0.6 is 0 Å².